The van der Waals surface area contributed by atoms with E-state index < -0.39 is 0 Å². The highest BCUT2D eigenvalue weighted by Gasteiger charge is 2.43. The summed E-state index contributed by atoms with van der Waals surface area (Å²) in [6, 6.07) is 0. The molecule has 1 aromatic heterocycles. The monoisotopic (exact) mass is 237 g/mol. The summed E-state index contributed by atoms with van der Waals surface area (Å²) in [5.41, 5.74) is 0.0530. The average Bonchev–Trinajstić information content (AvgIpc) is 2.95. The minimum absolute atomic E-state index is 0.0530. The molecule has 1 atom stereocenters. The molecule has 2 heterocycles. The zero-order valence-corrected chi connectivity index (χ0v) is 11.1. The van der Waals surface area contributed by atoms with E-state index in [9.17, 15) is 0 Å². The molecule has 17 heavy (non-hydrogen) atoms. The predicted molar refractivity (Wildman–Crippen MR) is 66.9 cm³/mol. The maximum absolute atomic E-state index is 5.51. The van der Waals surface area contributed by atoms with Crippen molar-refractivity contribution < 1.29 is 4.52 Å². The minimum atomic E-state index is 0.0530. The van der Waals surface area contributed by atoms with Crippen LogP contribution in [0.1, 0.15) is 51.7 Å². The highest BCUT2D eigenvalue weighted by atomic mass is 16.5. The highest BCUT2D eigenvalue weighted by molar-refractivity contribution is 5.11. The average molecular weight is 237 g/mol. The Morgan fingerprint density at radius 3 is 2.88 bits per heavy atom. The van der Waals surface area contributed by atoms with E-state index in [2.05, 4.69) is 36.2 Å². The Bertz CT molecular complexity index is 353. The molecule has 4 nitrogen and oxygen atoms in total. The molecule has 0 aromatic carbocycles. The van der Waals surface area contributed by atoms with Crippen LogP contribution in [-0.4, -0.2) is 23.2 Å². The van der Waals surface area contributed by atoms with E-state index in [-0.39, 0.29) is 5.41 Å². The van der Waals surface area contributed by atoms with Crippen molar-refractivity contribution in [1.82, 2.24) is 15.5 Å². The summed E-state index contributed by atoms with van der Waals surface area (Å²) in [6.07, 6.45) is 4.33. The summed E-state index contributed by atoms with van der Waals surface area (Å²) in [5.74, 6) is 2.23. The third kappa shape index (κ3) is 2.37. The fourth-order valence-corrected chi connectivity index (χ4v) is 2.53. The molecule has 1 fully saturated rings. The highest BCUT2D eigenvalue weighted by Crippen LogP contribution is 2.36. The number of nitrogens with zero attached hydrogens (tertiary/aromatic N) is 2. The second-order valence-corrected chi connectivity index (χ2v) is 5.36. The smallest absolute Gasteiger partial charge is 0.234 e. The van der Waals surface area contributed by atoms with Crippen molar-refractivity contribution in [3.8, 4) is 0 Å². The van der Waals surface area contributed by atoms with Crippen molar-refractivity contribution in [2.24, 2.45) is 5.92 Å². The molecule has 96 valence electrons. The normalized spacial score (nSPS) is 24.7. The number of hydrogen-bond acceptors (Lipinski definition) is 4. The topological polar surface area (TPSA) is 51.0 Å². The Morgan fingerprint density at radius 1 is 1.47 bits per heavy atom. The Labute approximate surface area is 103 Å². The van der Waals surface area contributed by atoms with Crippen molar-refractivity contribution in [2.75, 3.05) is 13.1 Å². The van der Waals surface area contributed by atoms with E-state index in [1.165, 1.54) is 6.42 Å². The number of aromatic nitrogens is 2. The van der Waals surface area contributed by atoms with Gasteiger partial charge in [-0.15, -0.1) is 0 Å². The van der Waals surface area contributed by atoms with Crippen molar-refractivity contribution >= 4 is 0 Å². The van der Waals surface area contributed by atoms with Crippen LogP contribution < -0.4 is 5.32 Å². The standard InChI is InChI=1S/C13H23N3O/c1-4-5-6-11-15-12(17-16-11)13(10(2)3)7-8-14-9-13/h10,14H,4-9H2,1-3H3. The van der Waals surface area contributed by atoms with Crippen LogP contribution in [0.25, 0.3) is 0 Å². The molecule has 1 unspecified atom stereocenters. The molecular formula is C13H23N3O. The Kier molecular flexibility index (Phi) is 3.82. The fraction of sp³-hybridized carbons (Fsp3) is 0.846. The van der Waals surface area contributed by atoms with Crippen LogP contribution in [0.5, 0.6) is 0 Å². The van der Waals surface area contributed by atoms with Crippen LogP contribution in [0.3, 0.4) is 0 Å². The predicted octanol–water partition coefficient (Wildman–Crippen LogP) is 2.30. The summed E-state index contributed by atoms with van der Waals surface area (Å²) in [6.45, 7) is 8.66. The Hall–Kier alpha value is -0.900. The molecule has 2 rings (SSSR count). The number of rotatable bonds is 5. The second kappa shape index (κ2) is 5.17. The molecule has 1 aromatic rings. The van der Waals surface area contributed by atoms with Gasteiger partial charge in [0.15, 0.2) is 5.82 Å². The Morgan fingerprint density at radius 2 is 2.29 bits per heavy atom. The molecule has 1 aliphatic rings. The number of unbranched alkanes of at least 4 members (excludes halogenated alkanes) is 1. The lowest BCUT2D eigenvalue weighted by Crippen LogP contribution is -2.35. The van der Waals surface area contributed by atoms with Crippen LogP contribution in [0.2, 0.25) is 0 Å². The van der Waals surface area contributed by atoms with E-state index in [1.54, 1.807) is 0 Å². The van der Waals surface area contributed by atoms with Crippen LogP contribution in [-0.2, 0) is 11.8 Å². The maximum Gasteiger partial charge on any atom is 0.234 e. The van der Waals surface area contributed by atoms with Gasteiger partial charge in [-0.05, 0) is 25.3 Å². The zero-order valence-electron chi connectivity index (χ0n) is 11.1. The van der Waals surface area contributed by atoms with Gasteiger partial charge in [-0.3, -0.25) is 0 Å². The molecule has 0 saturated carbocycles. The Balaban J connectivity index is 2.16. The van der Waals surface area contributed by atoms with Gasteiger partial charge >= 0.3 is 0 Å². The summed E-state index contributed by atoms with van der Waals surface area (Å²) in [5, 5.41) is 7.53. The van der Waals surface area contributed by atoms with Crippen molar-refractivity contribution in [2.45, 2.75) is 51.9 Å². The number of hydrogen-bond donors (Lipinski definition) is 1. The van der Waals surface area contributed by atoms with E-state index >= 15 is 0 Å². The van der Waals surface area contributed by atoms with Gasteiger partial charge in [0.05, 0.1) is 5.41 Å². The molecule has 0 radical (unpaired) electrons. The quantitative estimate of drug-likeness (QED) is 0.853. The van der Waals surface area contributed by atoms with Gasteiger partial charge in [-0.25, -0.2) is 0 Å². The molecule has 0 aliphatic carbocycles. The lowest BCUT2D eigenvalue weighted by Gasteiger charge is -2.28. The third-order valence-corrected chi connectivity index (χ3v) is 3.94. The first-order valence-electron chi connectivity index (χ1n) is 6.73. The molecule has 0 amide bonds. The van der Waals surface area contributed by atoms with E-state index in [1.807, 2.05) is 0 Å². The molecule has 1 N–H and O–H groups in total. The van der Waals surface area contributed by atoms with Gasteiger partial charge in [0.25, 0.3) is 0 Å². The van der Waals surface area contributed by atoms with E-state index in [4.69, 9.17) is 4.52 Å². The first-order valence-corrected chi connectivity index (χ1v) is 6.73. The van der Waals surface area contributed by atoms with Gasteiger partial charge in [0.2, 0.25) is 5.89 Å². The number of nitrogens with one attached hydrogen (secondary N) is 1. The summed E-state index contributed by atoms with van der Waals surface area (Å²) >= 11 is 0. The SMILES string of the molecule is CCCCc1noc(C2(C(C)C)CCNC2)n1. The first-order chi connectivity index (χ1) is 8.19. The fourth-order valence-electron chi connectivity index (χ4n) is 2.53. The summed E-state index contributed by atoms with van der Waals surface area (Å²) in [7, 11) is 0. The van der Waals surface area contributed by atoms with E-state index in [0.29, 0.717) is 5.92 Å². The lowest BCUT2D eigenvalue weighted by atomic mass is 9.76. The maximum atomic E-state index is 5.51. The number of aryl methyl sites for hydroxylation is 1. The van der Waals surface area contributed by atoms with Crippen LogP contribution >= 0.6 is 0 Å². The van der Waals surface area contributed by atoms with Gasteiger partial charge in [-0.2, -0.15) is 4.98 Å². The third-order valence-electron chi connectivity index (χ3n) is 3.94. The van der Waals surface area contributed by atoms with Gasteiger partial charge in [0, 0.05) is 13.0 Å². The first kappa shape index (κ1) is 12.6. The molecule has 4 heteroatoms. The van der Waals surface area contributed by atoms with Gasteiger partial charge in [-0.1, -0.05) is 32.3 Å². The summed E-state index contributed by atoms with van der Waals surface area (Å²) in [4.78, 5) is 4.61. The minimum Gasteiger partial charge on any atom is -0.339 e. The van der Waals surface area contributed by atoms with Gasteiger partial charge < -0.3 is 9.84 Å². The summed E-state index contributed by atoms with van der Waals surface area (Å²) < 4.78 is 5.51. The molecular weight excluding hydrogens is 214 g/mol. The van der Waals surface area contributed by atoms with Crippen LogP contribution in [0.4, 0.5) is 0 Å². The molecule has 0 spiro atoms. The molecule has 1 saturated heterocycles. The largest absolute Gasteiger partial charge is 0.339 e. The molecule has 1 aliphatic heterocycles. The van der Waals surface area contributed by atoms with Crippen molar-refractivity contribution in [1.29, 1.82) is 0 Å². The van der Waals surface area contributed by atoms with Crippen LogP contribution in [0, 0.1) is 5.92 Å². The second-order valence-electron chi connectivity index (χ2n) is 5.36. The van der Waals surface area contributed by atoms with Crippen LogP contribution in [0.15, 0.2) is 4.52 Å². The van der Waals surface area contributed by atoms with E-state index in [0.717, 1.165) is 44.1 Å². The van der Waals surface area contributed by atoms with Crippen molar-refractivity contribution in [3.05, 3.63) is 11.7 Å². The zero-order chi connectivity index (χ0) is 12.3. The molecule has 0 bridgehead atoms. The van der Waals surface area contributed by atoms with Crippen molar-refractivity contribution in [3.63, 3.8) is 0 Å². The lowest BCUT2D eigenvalue weighted by molar-refractivity contribution is 0.234. The van der Waals surface area contributed by atoms with Gasteiger partial charge in [0.1, 0.15) is 0 Å².